The van der Waals surface area contributed by atoms with E-state index in [2.05, 4.69) is 5.32 Å². The molecule has 1 amide bonds. The minimum Gasteiger partial charge on any atom is -0.486 e. The molecule has 0 spiro atoms. The summed E-state index contributed by atoms with van der Waals surface area (Å²) in [7, 11) is 0. The minimum absolute atomic E-state index is 0.0811. The molecule has 1 aliphatic heterocycles. The summed E-state index contributed by atoms with van der Waals surface area (Å²) in [5.41, 5.74) is 2.79. The molecule has 0 aliphatic carbocycles. The summed E-state index contributed by atoms with van der Waals surface area (Å²) in [5.74, 6) is 1.41. The molecule has 1 atom stereocenters. The Kier molecular flexibility index (Phi) is 4.00. The highest BCUT2D eigenvalue weighted by molar-refractivity contribution is 5.94. The summed E-state index contributed by atoms with van der Waals surface area (Å²) in [6.45, 7) is 5.09. The average molecular weight is 297 g/mol. The van der Waals surface area contributed by atoms with Crippen LogP contribution in [-0.2, 0) is 0 Å². The zero-order valence-electron chi connectivity index (χ0n) is 12.8. The fourth-order valence-corrected chi connectivity index (χ4v) is 2.40. The molecule has 4 heteroatoms. The predicted molar refractivity (Wildman–Crippen MR) is 84.5 cm³/mol. The van der Waals surface area contributed by atoms with Crippen LogP contribution in [-0.4, -0.2) is 19.1 Å². The summed E-state index contributed by atoms with van der Waals surface area (Å²) in [6, 6.07) is 13.2. The highest BCUT2D eigenvalue weighted by Crippen LogP contribution is 2.32. The van der Waals surface area contributed by atoms with Crippen LogP contribution in [0, 0.1) is 6.92 Å². The number of rotatable bonds is 3. The van der Waals surface area contributed by atoms with E-state index in [9.17, 15) is 4.79 Å². The van der Waals surface area contributed by atoms with E-state index >= 15 is 0 Å². The van der Waals surface area contributed by atoms with E-state index in [0.717, 1.165) is 22.6 Å². The second-order valence-corrected chi connectivity index (χ2v) is 5.46. The maximum absolute atomic E-state index is 12.3. The molecule has 1 N–H and O–H groups in total. The van der Waals surface area contributed by atoms with Gasteiger partial charge in [0.05, 0.1) is 6.04 Å². The number of carbonyl (C=O) groups is 1. The molecule has 3 rings (SSSR count). The van der Waals surface area contributed by atoms with Crippen molar-refractivity contribution in [1.29, 1.82) is 0 Å². The van der Waals surface area contributed by atoms with Crippen molar-refractivity contribution >= 4 is 5.91 Å². The highest BCUT2D eigenvalue weighted by Gasteiger charge is 2.16. The third-order valence-corrected chi connectivity index (χ3v) is 3.73. The first-order chi connectivity index (χ1) is 10.6. The van der Waals surface area contributed by atoms with Gasteiger partial charge in [-0.3, -0.25) is 4.79 Å². The zero-order valence-corrected chi connectivity index (χ0v) is 12.8. The lowest BCUT2D eigenvalue weighted by atomic mass is 10.1. The van der Waals surface area contributed by atoms with Gasteiger partial charge in [-0.1, -0.05) is 23.8 Å². The van der Waals surface area contributed by atoms with Crippen molar-refractivity contribution in [2.24, 2.45) is 0 Å². The van der Waals surface area contributed by atoms with E-state index in [-0.39, 0.29) is 11.9 Å². The van der Waals surface area contributed by atoms with Gasteiger partial charge in [0.2, 0.25) is 0 Å². The van der Waals surface area contributed by atoms with Crippen LogP contribution in [0.25, 0.3) is 0 Å². The topological polar surface area (TPSA) is 47.6 Å². The predicted octanol–water partition coefficient (Wildman–Crippen LogP) is 3.26. The van der Waals surface area contributed by atoms with Crippen molar-refractivity contribution in [3.63, 3.8) is 0 Å². The van der Waals surface area contributed by atoms with Crippen LogP contribution >= 0.6 is 0 Å². The molecule has 2 aromatic rings. The number of hydrogen-bond acceptors (Lipinski definition) is 3. The molecule has 0 saturated carbocycles. The van der Waals surface area contributed by atoms with Gasteiger partial charge in [-0.2, -0.15) is 0 Å². The maximum Gasteiger partial charge on any atom is 0.251 e. The van der Waals surface area contributed by atoms with E-state index in [1.54, 1.807) is 0 Å². The fourth-order valence-electron chi connectivity index (χ4n) is 2.40. The Labute approximate surface area is 130 Å². The molecule has 114 valence electrons. The number of aryl methyl sites for hydroxylation is 1. The fraction of sp³-hybridized carbons (Fsp3) is 0.278. The van der Waals surface area contributed by atoms with Crippen LogP contribution < -0.4 is 14.8 Å². The van der Waals surface area contributed by atoms with Gasteiger partial charge in [0.1, 0.15) is 13.2 Å². The van der Waals surface area contributed by atoms with Gasteiger partial charge in [-0.15, -0.1) is 0 Å². The lowest BCUT2D eigenvalue weighted by molar-refractivity contribution is 0.0939. The van der Waals surface area contributed by atoms with E-state index in [0.29, 0.717) is 18.8 Å². The van der Waals surface area contributed by atoms with E-state index in [1.807, 2.05) is 56.3 Å². The zero-order chi connectivity index (χ0) is 15.5. The molecule has 0 unspecified atom stereocenters. The molecule has 1 aliphatic rings. The van der Waals surface area contributed by atoms with Gasteiger partial charge in [0.25, 0.3) is 5.91 Å². The molecule has 2 aromatic carbocycles. The Morgan fingerprint density at radius 3 is 2.45 bits per heavy atom. The lowest BCUT2D eigenvalue weighted by Crippen LogP contribution is -2.26. The molecule has 4 nitrogen and oxygen atoms in total. The number of ether oxygens (including phenoxy) is 2. The first-order valence-corrected chi connectivity index (χ1v) is 7.40. The Morgan fingerprint density at radius 2 is 1.73 bits per heavy atom. The van der Waals surface area contributed by atoms with Gasteiger partial charge in [0, 0.05) is 5.56 Å². The molecular formula is C18H19NO3. The van der Waals surface area contributed by atoms with Gasteiger partial charge >= 0.3 is 0 Å². The second kappa shape index (κ2) is 6.10. The van der Waals surface area contributed by atoms with E-state index in [1.165, 1.54) is 0 Å². The molecule has 0 radical (unpaired) electrons. The largest absolute Gasteiger partial charge is 0.486 e. The van der Waals surface area contributed by atoms with Gasteiger partial charge < -0.3 is 14.8 Å². The SMILES string of the molecule is Cc1ccc(C(=O)N[C@H](C)c2ccc3c(c2)OCCO3)cc1. The first-order valence-electron chi connectivity index (χ1n) is 7.40. The van der Waals surface area contributed by atoms with E-state index < -0.39 is 0 Å². The number of nitrogens with one attached hydrogen (secondary N) is 1. The Morgan fingerprint density at radius 1 is 1.05 bits per heavy atom. The van der Waals surface area contributed by atoms with Crippen molar-refractivity contribution in [3.8, 4) is 11.5 Å². The summed E-state index contributed by atoms with van der Waals surface area (Å²) in [4.78, 5) is 12.3. The second-order valence-electron chi connectivity index (χ2n) is 5.46. The Bertz CT molecular complexity index is 679. The smallest absolute Gasteiger partial charge is 0.251 e. The Balaban J connectivity index is 1.72. The van der Waals surface area contributed by atoms with Crippen LogP contribution in [0.2, 0.25) is 0 Å². The van der Waals surface area contributed by atoms with Gasteiger partial charge in [-0.05, 0) is 43.7 Å². The summed E-state index contributed by atoms with van der Waals surface area (Å²) >= 11 is 0. The van der Waals surface area contributed by atoms with E-state index in [4.69, 9.17) is 9.47 Å². The van der Waals surface area contributed by atoms with Gasteiger partial charge in [0.15, 0.2) is 11.5 Å². The van der Waals surface area contributed by atoms with Crippen molar-refractivity contribution in [1.82, 2.24) is 5.32 Å². The number of fused-ring (bicyclic) bond motifs is 1. The third kappa shape index (κ3) is 3.06. The molecule has 0 aromatic heterocycles. The first kappa shape index (κ1) is 14.4. The van der Waals surface area contributed by atoms with Crippen molar-refractivity contribution in [2.75, 3.05) is 13.2 Å². The normalized spacial score (nSPS) is 14.3. The van der Waals surface area contributed by atoms with Crippen molar-refractivity contribution < 1.29 is 14.3 Å². The average Bonchev–Trinajstić information content (AvgIpc) is 2.55. The number of carbonyl (C=O) groups excluding carboxylic acids is 1. The van der Waals surface area contributed by atoms with Crippen molar-refractivity contribution in [3.05, 3.63) is 59.2 Å². The number of hydrogen-bond donors (Lipinski definition) is 1. The van der Waals surface area contributed by atoms with Crippen LogP contribution in [0.1, 0.15) is 34.5 Å². The van der Waals surface area contributed by atoms with Gasteiger partial charge in [-0.25, -0.2) is 0 Å². The standard InChI is InChI=1S/C18H19NO3/c1-12-3-5-14(6-4-12)18(20)19-13(2)15-7-8-16-17(11-15)22-10-9-21-16/h3-8,11,13H,9-10H2,1-2H3,(H,19,20)/t13-/m1/s1. The molecular weight excluding hydrogens is 278 g/mol. The summed E-state index contributed by atoms with van der Waals surface area (Å²) in [6.07, 6.45) is 0. The molecule has 1 heterocycles. The number of benzene rings is 2. The van der Waals surface area contributed by atoms with Crippen molar-refractivity contribution in [2.45, 2.75) is 19.9 Å². The quantitative estimate of drug-likeness (QED) is 0.946. The minimum atomic E-state index is -0.107. The molecule has 22 heavy (non-hydrogen) atoms. The van der Waals surface area contributed by atoms with Crippen LogP contribution in [0.5, 0.6) is 11.5 Å². The number of amides is 1. The summed E-state index contributed by atoms with van der Waals surface area (Å²) < 4.78 is 11.1. The van der Waals surface area contributed by atoms with Crippen LogP contribution in [0.15, 0.2) is 42.5 Å². The molecule has 0 saturated heterocycles. The molecule has 0 bridgehead atoms. The molecule has 0 fully saturated rings. The highest BCUT2D eigenvalue weighted by atomic mass is 16.6. The monoisotopic (exact) mass is 297 g/mol. The lowest BCUT2D eigenvalue weighted by Gasteiger charge is -2.21. The Hall–Kier alpha value is -2.49. The maximum atomic E-state index is 12.3. The van der Waals surface area contributed by atoms with Crippen LogP contribution in [0.4, 0.5) is 0 Å². The summed E-state index contributed by atoms with van der Waals surface area (Å²) in [5, 5.41) is 3.00. The third-order valence-electron chi connectivity index (χ3n) is 3.73. The van der Waals surface area contributed by atoms with Crippen LogP contribution in [0.3, 0.4) is 0 Å².